The molecule has 3 rings (SSSR count). The van der Waals surface area contributed by atoms with E-state index in [1.807, 2.05) is 30.0 Å². The number of nitrogens with one attached hydrogen (secondary N) is 3. The Morgan fingerprint density at radius 1 is 1.23 bits per heavy atom. The van der Waals surface area contributed by atoms with E-state index in [2.05, 4.69) is 25.9 Å². The number of carbonyl (C=O) groups is 1. The van der Waals surface area contributed by atoms with Gasteiger partial charge >= 0.3 is 0 Å². The zero-order chi connectivity index (χ0) is 21.2. The highest BCUT2D eigenvalue weighted by atomic mass is 19.1. The smallest absolute Gasteiger partial charge is 0.251 e. The first-order chi connectivity index (χ1) is 14.7. The van der Waals surface area contributed by atoms with E-state index in [0.29, 0.717) is 31.0 Å². The third-order valence-electron chi connectivity index (χ3n) is 4.84. The molecular weight excluding hydrogens is 383 g/mol. The second-order valence-electron chi connectivity index (χ2n) is 7.12. The Morgan fingerprint density at radius 3 is 2.83 bits per heavy atom. The zero-order valence-electron chi connectivity index (χ0n) is 17.3. The van der Waals surface area contributed by atoms with Gasteiger partial charge in [-0.25, -0.2) is 9.37 Å². The summed E-state index contributed by atoms with van der Waals surface area (Å²) < 4.78 is 14.0. The number of halogens is 1. The van der Waals surface area contributed by atoms with E-state index in [1.54, 1.807) is 24.4 Å². The Labute approximate surface area is 176 Å². The van der Waals surface area contributed by atoms with Gasteiger partial charge < -0.3 is 20.9 Å². The molecule has 1 aliphatic rings. The van der Waals surface area contributed by atoms with Crippen molar-refractivity contribution >= 4 is 17.7 Å². The predicted octanol–water partition coefficient (Wildman–Crippen LogP) is 2.17. The van der Waals surface area contributed by atoms with Crippen molar-refractivity contribution in [2.75, 3.05) is 37.6 Å². The van der Waals surface area contributed by atoms with Crippen LogP contribution in [0.25, 0.3) is 0 Å². The highest BCUT2D eigenvalue weighted by Crippen LogP contribution is 2.20. The van der Waals surface area contributed by atoms with Crippen molar-refractivity contribution in [2.24, 2.45) is 4.99 Å². The lowest BCUT2D eigenvalue weighted by Crippen LogP contribution is -2.44. The van der Waals surface area contributed by atoms with Crippen LogP contribution in [0.1, 0.15) is 30.1 Å². The molecular formula is C22H29FN6O. The number of hydrogen-bond acceptors (Lipinski definition) is 4. The fourth-order valence-corrected chi connectivity index (χ4v) is 3.36. The molecule has 0 spiro atoms. The van der Waals surface area contributed by atoms with Crippen LogP contribution in [0, 0.1) is 5.82 Å². The van der Waals surface area contributed by atoms with Gasteiger partial charge in [0.2, 0.25) is 0 Å². The molecule has 0 radical (unpaired) electrons. The van der Waals surface area contributed by atoms with Crippen molar-refractivity contribution in [2.45, 2.75) is 25.8 Å². The van der Waals surface area contributed by atoms with Gasteiger partial charge in [0.25, 0.3) is 5.91 Å². The maximum Gasteiger partial charge on any atom is 0.251 e. The van der Waals surface area contributed by atoms with Crippen molar-refractivity contribution in [3.63, 3.8) is 0 Å². The third kappa shape index (κ3) is 6.17. The first-order valence-electron chi connectivity index (χ1n) is 10.4. The van der Waals surface area contributed by atoms with Crippen LogP contribution in [-0.4, -0.2) is 55.6 Å². The standard InChI is InChI=1S/C22H29FN6O/c1-2-24-22(27-14-7-13-26-21(30)17-8-4-3-5-9-17)28-18-11-15-29(16-18)20-19(23)10-6-12-25-20/h3-6,8-10,12,18H,2,7,11,13-16H2,1H3,(H,26,30)(H2,24,27,28). The first-order valence-corrected chi connectivity index (χ1v) is 10.4. The van der Waals surface area contributed by atoms with Crippen LogP contribution in [0.15, 0.2) is 53.7 Å². The SMILES string of the molecule is CCNC(=NCCCNC(=O)c1ccccc1)NC1CCN(c2ncccc2F)C1. The molecule has 1 aromatic carbocycles. The predicted molar refractivity (Wildman–Crippen MR) is 117 cm³/mol. The molecule has 0 aliphatic carbocycles. The second kappa shape index (κ2) is 11.1. The molecule has 1 atom stereocenters. The fourth-order valence-electron chi connectivity index (χ4n) is 3.36. The highest BCUT2D eigenvalue weighted by Gasteiger charge is 2.25. The van der Waals surface area contributed by atoms with Gasteiger partial charge in [-0.15, -0.1) is 0 Å². The lowest BCUT2D eigenvalue weighted by molar-refractivity contribution is 0.0953. The van der Waals surface area contributed by atoms with Crippen LogP contribution in [0.4, 0.5) is 10.2 Å². The highest BCUT2D eigenvalue weighted by molar-refractivity contribution is 5.94. The average Bonchev–Trinajstić information content (AvgIpc) is 3.22. The molecule has 1 saturated heterocycles. The molecule has 2 aromatic rings. The van der Waals surface area contributed by atoms with E-state index in [1.165, 1.54) is 6.07 Å². The van der Waals surface area contributed by atoms with E-state index in [-0.39, 0.29) is 17.8 Å². The lowest BCUT2D eigenvalue weighted by Gasteiger charge is -2.20. The van der Waals surface area contributed by atoms with Gasteiger partial charge in [-0.1, -0.05) is 18.2 Å². The number of anilines is 1. The summed E-state index contributed by atoms with van der Waals surface area (Å²) in [5, 5.41) is 9.57. The van der Waals surface area contributed by atoms with Crippen LogP contribution >= 0.6 is 0 Å². The number of aromatic nitrogens is 1. The monoisotopic (exact) mass is 412 g/mol. The summed E-state index contributed by atoms with van der Waals surface area (Å²) >= 11 is 0. The molecule has 7 nitrogen and oxygen atoms in total. The number of guanidine groups is 1. The molecule has 1 fully saturated rings. The summed E-state index contributed by atoms with van der Waals surface area (Å²) in [5.41, 5.74) is 0.658. The van der Waals surface area contributed by atoms with Crippen molar-refractivity contribution in [3.8, 4) is 0 Å². The van der Waals surface area contributed by atoms with Gasteiger partial charge in [0.05, 0.1) is 0 Å². The Kier molecular flexibility index (Phi) is 8.00. The van der Waals surface area contributed by atoms with Gasteiger partial charge in [-0.3, -0.25) is 9.79 Å². The summed E-state index contributed by atoms with van der Waals surface area (Å²) in [7, 11) is 0. The average molecular weight is 413 g/mol. The quantitative estimate of drug-likeness (QED) is 0.352. The van der Waals surface area contributed by atoms with Crippen molar-refractivity contribution in [3.05, 3.63) is 60.0 Å². The molecule has 0 saturated carbocycles. The summed E-state index contributed by atoms with van der Waals surface area (Å²) in [4.78, 5) is 22.7. The van der Waals surface area contributed by atoms with E-state index in [4.69, 9.17) is 0 Å². The number of pyridine rings is 1. The number of nitrogens with zero attached hydrogens (tertiary/aromatic N) is 3. The van der Waals surface area contributed by atoms with Gasteiger partial charge in [0.15, 0.2) is 17.6 Å². The molecule has 0 bridgehead atoms. The van der Waals surface area contributed by atoms with E-state index < -0.39 is 0 Å². The molecule has 1 aliphatic heterocycles. The maximum atomic E-state index is 14.0. The summed E-state index contributed by atoms with van der Waals surface area (Å²) in [5.74, 6) is 0.770. The normalized spacial score (nSPS) is 16.4. The number of benzene rings is 1. The second-order valence-corrected chi connectivity index (χ2v) is 7.12. The summed E-state index contributed by atoms with van der Waals surface area (Å²) in [6.07, 6.45) is 3.24. The van der Waals surface area contributed by atoms with Gasteiger partial charge in [0, 0.05) is 50.5 Å². The van der Waals surface area contributed by atoms with E-state index in [9.17, 15) is 9.18 Å². The third-order valence-corrected chi connectivity index (χ3v) is 4.84. The number of amides is 1. The molecule has 160 valence electrons. The van der Waals surface area contributed by atoms with Gasteiger partial charge in [0.1, 0.15) is 0 Å². The van der Waals surface area contributed by atoms with Gasteiger partial charge in [-0.2, -0.15) is 0 Å². The topological polar surface area (TPSA) is 81.6 Å². The van der Waals surface area contributed by atoms with E-state index in [0.717, 1.165) is 31.9 Å². The molecule has 30 heavy (non-hydrogen) atoms. The number of aliphatic imine (C=N–C) groups is 1. The molecule has 8 heteroatoms. The Morgan fingerprint density at radius 2 is 2.07 bits per heavy atom. The van der Waals surface area contributed by atoms with Crippen molar-refractivity contribution in [1.82, 2.24) is 20.9 Å². The first kappa shape index (κ1) is 21.5. The molecule has 2 heterocycles. The summed E-state index contributed by atoms with van der Waals surface area (Å²) in [6.45, 7) is 5.34. The van der Waals surface area contributed by atoms with Crippen LogP contribution in [0.5, 0.6) is 0 Å². The van der Waals surface area contributed by atoms with Crippen LogP contribution in [0.2, 0.25) is 0 Å². The molecule has 1 amide bonds. The van der Waals surface area contributed by atoms with Crippen LogP contribution in [-0.2, 0) is 0 Å². The van der Waals surface area contributed by atoms with Crippen LogP contribution < -0.4 is 20.9 Å². The molecule has 3 N–H and O–H groups in total. The largest absolute Gasteiger partial charge is 0.357 e. The van der Waals surface area contributed by atoms with Crippen LogP contribution in [0.3, 0.4) is 0 Å². The fraction of sp³-hybridized carbons (Fsp3) is 0.409. The molecule has 1 aromatic heterocycles. The molecule has 1 unspecified atom stereocenters. The Bertz CT molecular complexity index is 845. The maximum absolute atomic E-state index is 14.0. The Hall–Kier alpha value is -3.16. The number of hydrogen-bond donors (Lipinski definition) is 3. The Balaban J connectivity index is 1.43. The number of carbonyl (C=O) groups excluding carboxylic acids is 1. The minimum absolute atomic E-state index is 0.0718. The van der Waals surface area contributed by atoms with Gasteiger partial charge in [-0.05, 0) is 44.0 Å². The van der Waals surface area contributed by atoms with E-state index >= 15 is 0 Å². The van der Waals surface area contributed by atoms with Crippen molar-refractivity contribution < 1.29 is 9.18 Å². The zero-order valence-corrected chi connectivity index (χ0v) is 17.3. The minimum atomic E-state index is -0.295. The number of rotatable bonds is 8. The minimum Gasteiger partial charge on any atom is -0.357 e. The van der Waals surface area contributed by atoms with Crippen molar-refractivity contribution in [1.29, 1.82) is 0 Å². The lowest BCUT2D eigenvalue weighted by atomic mass is 10.2. The summed E-state index contributed by atoms with van der Waals surface area (Å²) in [6, 6.07) is 12.4.